The molecule has 0 aliphatic carbocycles. The van der Waals surface area contributed by atoms with Crippen molar-refractivity contribution in [2.45, 2.75) is 13.8 Å². The highest BCUT2D eigenvalue weighted by molar-refractivity contribution is 5.88. The SMILES string of the molecule is CC(=O)Nc1cc(C)nc2nc(-c3ccncc3)nn12. The Morgan fingerprint density at radius 1 is 1.25 bits per heavy atom. The summed E-state index contributed by atoms with van der Waals surface area (Å²) in [6, 6.07) is 5.39. The Bertz CT molecular complexity index is 780. The summed E-state index contributed by atoms with van der Waals surface area (Å²) in [5.41, 5.74) is 1.60. The van der Waals surface area contributed by atoms with E-state index in [1.54, 1.807) is 18.5 Å². The second kappa shape index (κ2) is 4.69. The number of fused-ring (bicyclic) bond motifs is 1. The highest BCUT2D eigenvalue weighted by Gasteiger charge is 2.11. The molecule has 3 rings (SSSR count). The molecule has 0 saturated heterocycles. The summed E-state index contributed by atoms with van der Waals surface area (Å²) in [5.74, 6) is 1.36. The zero-order valence-electron chi connectivity index (χ0n) is 11.0. The Morgan fingerprint density at radius 2 is 2.00 bits per heavy atom. The number of carbonyl (C=O) groups is 1. The van der Waals surface area contributed by atoms with Crippen LogP contribution in [-0.4, -0.2) is 30.5 Å². The molecule has 3 aromatic rings. The third kappa shape index (κ3) is 2.20. The van der Waals surface area contributed by atoms with Gasteiger partial charge in [-0.05, 0) is 19.1 Å². The summed E-state index contributed by atoms with van der Waals surface area (Å²) in [6.45, 7) is 3.29. The molecule has 7 heteroatoms. The van der Waals surface area contributed by atoms with E-state index in [9.17, 15) is 4.79 Å². The molecule has 0 spiro atoms. The second-order valence-electron chi connectivity index (χ2n) is 4.35. The number of hydrogen-bond donors (Lipinski definition) is 1. The second-order valence-corrected chi connectivity index (χ2v) is 4.35. The Hall–Kier alpha value is -2.83. The van der Waals surface area contributed by atoms with Crippen molar-refractivity contribution in [2.24, 2.45) is 0 Å². The van der Waals surface area contributed by atoms with Gasteiger partial charge in [-0.25, -0.2) is 4.98 Å². The number of hydrogen-bond acceptors (Lipinski definition) is 5. The predicted molar refractivity (Wildman–Crippen MR) is 73.1 cm³/mol. The fourth-order valence-corrected chi connectivity index (χ4v) is 1.88. The average Bonchev–Trinajstić information content (AvgIpc) is 2.83. The first-order chi connectivity index (χ1) is 9.63. The number of aryl methyl sites for hydroxylation is 1. The van der Waals surface area contributed by atoms with Gasteiger partial charge < -0.3 is 5.32 Å². The van der Waals surface area contributed by atoms with Crippen molar-refractivity contribution >= 4 is 17.5 Å². The topological polar surface area (TPSA) is 85.1 Å². The van der Waals surface area contributed by atoms with E-state index < -0.39 is 0 Å². The summed E-state index contributed by atoms with van der Waals surface area (Å²) in [6.07, 6.45) is 3.35. The zero-order valence-corrected chi connectivity index (χ0v) is 11.0. The molecule has 0 aromatic carbocycles. The van der Waals surface area contributed by atoms with E-state index in [0.29, 0.717) is 17.4 Å². The summed E-state index contributed by atoms with van der Waals surface area (Å²) in [7, 11) is 0. The van der Waals surface area contributed by atoms with Gasteiger partial charge in [0.2, 0.25) is 5.91 Å². The Morgan fingerprint density at radius 3 is 2.70 bits per heavy atom. The van der Waals surface area contributed by atoms with Crippen LogP contribution in [0.4, 0.5) is 5.82 Å². The van der Waals surface area contributed by atoms with Crippen LogP contribution in [0.1, 0.15) is 12.6 Å². The number of pyridine rings is 1. The van der Waals surface area contributed by atoms with Crippen molar-refractivity contribution in [3.8, 4) is 11.4 Å². The number of rotatable bonds is 2. The van der Waals surface area contributed by atoms with Gasteiger partial charge in [-0.2, -0.15) is 9.50 Å². The molecule has 20 heavy (non-hydrogen) atoms. The third-order valence-corrected chi connectivity index (χ3v) is 2.68. The largest absolute Gasteiger partial charge is 0.311 e. The van der Waals surface area contributed by atoms with Gasteiger partial charge in [0.15, 0.2) is 5.82 Å². The molecule has 3 heterocycles. The molecule has 1 N–H and O–H groups in total. The van der Waals surface area contributed by atoms with E-state index in [1.807, 2.05) is 19.1 Å². The Balaban J connectivity index is 2.17. The molecule has 100 valence electrons. The lowest BCUT2D eigenvalue weighted by Crippen LogP contribution is -2.11. The quantitative estimate of drug-likeness (QED) is 0.760. The molecular formula is C13H12N6O. The molecule has 0 aliphatic heterocycles. The molecule has 0 unspecified atom stereocenters. The first kappa shape index (κ1) is 12.2. The molecule has 0 fully saturated rings. The van der Waals surface area contributed by atoms with E-state index in [-0.39, 0.29) is 5.91 Å². The highest BCUT2D eigenvalue weighted by atomic mass is 16.1. The van der Waals surface area contributed by atoms with Crippen LogP contribution in [0.3, 0.4) is 0 Å². The van der Waals surface area contributed by atoms with Crippen LogP contribution in [0.25, 0.3) is 17.2 Å². The van der Waals surface area contributed by atoms with E-state index in [1.165, 1.54) is 11.4 Å². The van der Waals surface area contributed by atoms with Crippen molar-refractivity contribution in [1.82, 2.24) is 24.6 Å². The molecule has 0 aliphatic rings. The molecular weight excluding hydrogens is 256 g/mol. The lowest BCUT2D eigenvalue weighted by molar-refractivity contribution is -0.114. The zero-order chi connectivity index (χ0) is 14.1. The number of carbonyl (C=O) groups excluding carboxylic acids is 1. The van der Waals surface area contributed by atoms with Gasteiger partial charge in [0, 0.05) is 36.6 Å². The predicted octanol–water partition coefficient (Wildman–Crippen LogP) is 1.45. The van der Waals surface area contributed by atoms with Crippen LogP contribution in [-0.2, 0) is 4.79 Å². The van der Waals surface area contributed by atoms with Crippen molar-refractivity contribution < 1.29 is 4.79 Å². The number of aromatic nitrogens is 5. The van der Waals surface area contributed by atoms with Crippen molar-refractivity contribution in [3.63, 3.8) is 0 Å². The van der Waals surface area contributed by atoms with E-state index in [4.69, 9.17) is 0 Å². The summed E-state index contributed by atoms with van der Waals surface area (Å²) < 4.78 is 1.52. The summed E-state index contributed by atoms with van der Waals surface area (Å²) in [4.78, 5) is 23.9. The smallest absolute Gasteiger partial charge is 0.254 e. The summed E-state index contributed by atoms with van der Waals surface area (Å²) in [5, 5.41) is 7.10. The number of nitrogens with zero attached hydrogens (tertiary/aromatic N) is 5. The van der Waals surface area contributed by atoms with Gasteiger partial charge in [0.05, 0.1) is 0 Å². The standard InChI is InChI=1S/C13H12N6O/c1-8-7-11(16-9(2)20)19-13(15-8)17-12(18-19)10-3-5-14-6-4-10/h3-7H,1-2H3,(H,16,20). The van der Waals surface area contributed by atoms with Crippen LogP contribution in [0.15, 0.2) is 30.6 Å². The van der Waals surface area contributed by atoms with Crippen molar-refractivity contribution in [1.29, 1.82) is 0 Å². The Labute approximate surface area is 114 Å². The fraction of sp³-hybridized carbons (Fsp3) is 0.154. The van der Waals surface area contributed by atoms with Gasteiger partial charge in [0.1, 0.15) is 5.82 Å². The van der Waals surface area contributed by atoms with E-state index in [0.717, 1.165) is 11.3 Å². The molecule has 0 atom stereocenters. The minimum absolute atomic E-state index is 0.169. The first-order valence-electron chi connectivity index (χ1n) is 6.06. The molecule has 0 radical (unpaired) electrons. The summed E-state index contributed by atoms with van der Waals surface area (Å²) >= 11 is 0. The van der Waals surface area contributed by atoms with Crippen LogP contribution >= 0.6 is 0 Å². The van der Waals surface area contributed by atoms with Gasteiger partial charge in [-0.3, -0.25) is 9.78 Å². The number of nitrogens with one attached hydrogen (secondary N) is 1. The van der Waals surface area contributed by atoms with E-state index >= 15 is 0 Å². The first-order valence-corrected chi connectivity index (χ1v) is 6.06. The maximum atomic E-state index is 11.2. The van der Waals surface area contributed by atoms with Gasteiger partial charge in [-0.15, -0.1) is 5.10 Å². The van der Waals surface area contributed by atoms with E-state index in [2.05, 4.69) is 25.4 Å². The van der Waals surface area contributed by atoms with Gasteiger partial charge in [0.25, 0.3) is 5.78 Å². The lowest BCUT2D eigenvalue weighted by Gasteiger charge is -2.04. The molecule has 7 nitrogen and oxygen atoms in total. The fourth-order valence-electron chi connectivity index (χ4n) is 1.88. The van der Waals surface area contributed by atoms with Crippen LogP contribution in [0, 0.1) is 6.92 Å². The average molecular weight is 268 g/mol. The lowest BCUT2D eigenvalue weighted by atomic mass is 10.3. The minimum Gasteiger partial charge on any atom is -0.311 e. The minimum atomic E-state index is -0.169. The highest BCUT2D eigenvalue weighted by Crippen LogP contribution is 2.17. The Kier molecular flexibility index (Phi) is 2.86. The van der Waals surface area contributed by atoms with Crippen molar-refractivity contribution in [2.75, 3.05) is 5.32 Å². The maximum absolute atomic E-state index is 11.2. The monoisotopic (exact) mass is 268 g/mol. The van der Waals surface area contributed by atoms with Crippen molar-refractivity contribution in [3.05, 3.63) is 36.3 Å². The molecule has 0 bridgehead atoms. The third-order valence-electron chi connectivity index (χ3n) is 2.68. The van der Waals surface area contributed by atoms with Crippen LogP contribution < -0.4 is 5.32 Å². The number of amides is 1. The molecule has 1 amide bonds. The van der Waals surface area contributed by atoms with Crippen LogP contribution in [0.5, 0.6) is 0 Å². The normalized spacial score (nSPS) is 10.7. The van der Waals surface area contributed by atoms with Crippen LogP contribution in [0.2, 0.25) is 0 Å². The molecule has 3 aromatic heterocycles. The van der Waals surface area contributed by atoms with Gasteiger partial charge >= 0.3 is 0 Å². The molecule has 0 saturated carbocycles. The maximum Gasteiger partial charge on any atom is 0.254 e. The number of anilines is 1. The van der Waals surface area contributed by atoms with Gasteiger partial charge in [-0.1, -0.05) is 0 Å².